The molecule has 2 aliphatic heterocycles. The molecular formula is C16H26O6. The molecule has 2 fully saturated rings. The minimum atomic E-state index is -0.380. The lowest BCUT2D eigenvalue weighted by Crippen LogP contribution is -2.15. The van der Waals surface area contributed by atoms with Gasteiger partial charge in [0.15, 0.2) is 0 Å². The SMILES string of the molecule is CCCC1OC1COC(=O)CCC(=O)OCC1OC1CCC. The van der Waals surface area contributed by atoms with E-state index in [1.54, 1.807) is 0 Å². The smallest absolute Gasteiger partial charge is 0.306 e. The molecule has 0 bridgehead atoms. The molecule has 0 aromatic carbocycles. The van der Waals surface area contributed by atoms with Crippen LogP contribution in [0.1, 0.15) is 52.4 Å². The van der Waals surface area contributed by atoms with Crippen LogP contribution in [0.2, 0.25) is 0 Å². The summed E-state index contributed by atoms with van der Waals surface area (Å²) in [5.74, 6) is -0.761. The van der Waals surface area contributed by atoms with Gasteiger partial charge in [0.1, 0.15) is 25.4 Å². The van der Waals surface area contributed by atoms with Crippen LogP contribution in [0.15, 0.2) is 0 Å². The van der Waals surface area contributed by atoms with Gasteiger partial charge in [-0.05, 0) is 12.8 Å². The second-order valence-corrected chi connectivity index (χ2v) is 5.87. The van der Waals surface area contributed by atoms with E-state index in [-0.39, 0.29) is 62.4 Å². The average molecular weight is 314 g/mol. The maximum atomic E-state index is 11.5. The van der Waals surface area contributed by atoms with Crippen LogP contribution in [0.5, 0.6) is 0 Å². The number of ether oxygens (including phenoxy) is 4. The van der Waals surface area contributed by atoms with Crippen molar-refractivity contribution in [1.82, 2.24) is 0 Å². The highest BCUT2D eigenvalue weighted by Crippen LogP contribution is 2.27. The van der Waals surface area contributed by atoms with Crippen LogP contribution >= 0.6 is 0 Å². The Balaban J connectivity index is 1.45. The van der Waals surface area contributed by atoms with Gasteiger partial charge in [-0.2, -0.15) is 0 Å². The predicted molar refractivity (Wildman–Crippen MR) is 78.3 cm³/mol. The quantitative estimate of drug-likeness (QED) is 0.429. The van der Waals surface area contributed by atoms with E-state index in [1.165, 1.54) is 0 Å². The van der Waals surface area contributed by atoms with Crippen LogP contribution in [0.4, 0.5) is 0 Å². The summed E-state index contributed by atoms with van der Waals surface area (Å²) in [5.41, 5.74) is 0. The Morgan fingerprint density at radius 3 is 1.55 bits per heavy atom. The van der Waals surface area contributed by atoms with Crippen LogP contribution in [-0.4, -0.2) is 49.6 Å². The summed E-state index contributed by atoms with van der Waals surface area (Å²) in [4.78, 5) is 23.0. The van der Waals surface area contributed by atoms with Crippen LogP contribution in [-0.2, 0) is 28.5 Å². The summed E-state index contributed by atoms with van der Waals surface area (Å²) in [7, 11) is 0. The molecule has 0 aromatic heterocycles. The van der Waals surface area contributed by atoms with Crippen molar-refractivity contribution in [2.24, 2.45) is 0 Å². The molecule has 6 nitrogen and oxygen atoms in total. The van der Waals surface area contributed by atoms with E-state index in [0.29, 0.717) is 0 Å². The fraction of sp³-hybridized carbons (Fsp3) is 0.875. The van der Waals surface area contributed by atoms with Crippen molar-refractivity contribution in [1.29, 1.82) is 0 Å². The standard InChI is InChI=1S/C16H26O6/c1-3-5-11-13(21-11)9-19-15(17)7-8-16(18)20-10-14-12(22-14)6-4-2/h11-14H,3-10H2,1-2H3. The summed E-state index contributed by atoms with van der Waals surface area (Å²) in [5, 5.41) is 0. The van der Waals surface area contributed by atoms with Crippen LogP contribution < -0.4 is 0 Å². The molecule has 2 aliphatic rings. The molecule has 0 N–H and O–H groups in total. The second-order valence-electron chi connectivity index (χ2n) is 5.87. The van der Waals surface area contributed by atoms with Crippen LogP contribution in [0.25, 0.3) is 0 Å². The lowest BCUT2D eigenvalue weighted by atomic mass is 10.2. The van der Waals surface area contributed by atoms with Gasteiger partial charge in [0.25, 0.3) is 0 Å². The Morgan fingerprint density at radius 1 is 0.773 bits per heavy atom. The third-order valence-corrected chi connectivity index (χ3v) is 3.87. The normalized spacial score (nSPS) is 29.0. The number of hydrogen-bond acceptors (Lipinski definition) is 6. The molecule has 2 rings (SSSR count). The number of epoxide rings is 2. The monoisotopic (exact) mass is 314 g/mol. The first kappa shape index (κ1) is 17.2. The topological polar surface area (TPSA) is 77.7 Å². The van der Waals surface area contributed by atoms with Gasteiger partial charge in [-0.3, -0.25) is 9.59 Å². The van der Waals surface area contributed by atoms with E-state index in [4.69, 9.17) is 18.9 Å². The molecule has 6 heteroatoms. The number of rotatable bonds is 11. The molecule has 0 aliphatic carbocycles. The van der Waals surface area contributed by atoms with Crippen molar-refractivity contribution in [2.45, 2.75) is 76.8 Å². The van der Waals surface area contributed by atoms with E-state index >= 15 is 0 Å². The Labute approximate surface area is 131 Å². The van der Waals surface area contributed by atoms with E-state index in [1.807, 2.05) is 0 Å². The van der Waals surface area contributed by atoms with Crippen molar-refractivity contribution < 1.29 is 28.5 Å². The van der Waals surface area contributed by atoms with Crippen molar-refractivity contribution >= 4 is 11.9 Å². The zero-order valence-corrected chi connectivity index (χ0v) is 13.4. The Morgan fingerprint density at radius 2 is 1.18 bits per heavy atom. The minimum absolute atomic E-state index is 0.0402. The fourth-order valence-electron chi connectivity index (χ4n) is 2.43. The fourth-order valence-corrected chi connectivity index (χ4v) is 2.43. The molecule has 4 unspecified atom stereocenters. The summed E-state index contributed by atoms with van der Waals surface area (Å²) in [6.45, 7) is 4.75. The largest absolute Gasteiger partial charge is 0.463 e. The Bertz CT molecular complexity index is 347. The van der Waals surface area contributed by atoms with Gasteiger partial charge in [-0.25, -0.2) is 0 Å². The highest BCUT2D eigenvalue weighted by atomic mass is 16.6. The first-order valence-electron chi connectivity index (χ1n) is 8.26. The van der Waals surface area contributed by atoms with E-state index in [2.05, 4.69) is 13.8 Å². The number of carbonyl (C=O) groups is 2. The summed E-state index contributed by atoms with van der Waals surface area (Å²) < 4.78 is 20.9. The lowest BCUT2D eigenvalue weighted by Gasteiger charge is -2.04. The maximum absolute atomic E-state index is 11.5. The predicted octanol–water partition coefficient (Wildman–Crippen LogP) is 1.99. The molecule has 0 aromatic rings. The van der Waals surface area contributed by atoms with E-state index < -0.39 is 0 Å². The highest BCUT2D eigenvalue weighted by Gasteiger charge is 2.39. The second kappa shape index (κ2) is 8.48. The lowest BCUT2D eigenvalue weighted by molar-refractivity contribution is -0.150. The van der Waals surface area contributed by atoms with E-state index in [0.717, 1.165) is 25.7 Å². The number of hydrogen-bond donors (Lipinski definition) is 0. The molecule has 2 saturated heterocycles. The molecule has 126 valence electrons. The molecule has 0 radical (unpaired) electrons. The van der Waals surface area contributed by atoms with Gasteiger partial charge in [0, 0.05) is 0 Å². The average Bonchev–Trinajstić information content (AvgIpc) is 3.39. The molecule has 0 amide bonds. The van der Waals surface area contributed by atoms with Crippen LogP contribution in [0.3, 0.4) is 0 Å². The molecule has 2 heterocycles. The van der Waals surface area contributed by atoms with Crippen LogP contribution in [0, 0.1) is 0 Å². The summed E-state index contributed by atoms with van der Waals surface area (Å²) in [6.07, 6.45) is 4.76. The highest BCUT2D eigenvalue weighted by molar-refractivity contribution is 5.77. The zero-order valence-electron chi connectivity index (χ0n) is 13.4. The molecular weight excluding hydrogens is 288 g/mol. The maximum Gasteiger partial charge on any atom is 0.306 e. The Hall–Kier alpha value is -1.14. The van der Waals surface area contributed by atoms with E-state index in [9.17, 15) is 9.59 Å². The van der Waals surface area contributed by atoms with Crippen molar-refractivity contribution in [2.75, 3.05) is 13.2 Å². The molecule has 22 heavy (non-hydrogen) atoms. The number of carbonyl (C=O) groups excluding carboxylic acids is 2. The van der Waals surface area contributed by atoms with Gasteiger partial charge in [0.05, 0.1) is 25.0 Å². The van der Waals surface area contributed by atoms with Gasteiger partial charge >= 0.3 is 11.9 Å². The van der Waals surface area contributed by atoms with Gasteiger partial charge in [-0.1, -0.05) is 26.7 Å². The molecule has 4 atom stereocenters. The minimum Gasteiger partial charge on any atom is -0.463 e. The Kier molecular flexibility index (Phi) is 6.64. The van der Waals surface area contributed by atoms with Crippen molar-refractivity contribution in [3.05, 3.63) is 0 Å². The molecule has 0 saturated carbocycles. The zero-order chi connectivity index (χ0) is 15.9. The van der Waals surface area contributed by atoms with Gasteiger partial charge in [-0.15, -0.1) is 0 Å². The molecule has 0 spiro atoms. The number of esters is 2. The first-order valence-corrected chi connectivity index (χ1v) is 8.26. The van der Waals surface area contributed by atoms with Crippen molar-refractivity contribution in [3.63, 3.8) is 0 Å². The van der Waals surface area contributed by atoms with Gasteiger partial charge < -0.3 is 18.9 Å². The summed E-state index contributed by atoms with van der Waals surface area (Å²) >= 11 is 0. The first-order chi connectivity index (χ1) is 10.6. The third kappa shape index (κ3) is 5.93. The third-order valence-electron chi connectivity index (χ3n) is 3.87. The van der Waals surface area contributed by atoms with Gasteiger partial charge in [0.2, 0.25) is 0 Å². The van der Waals surface area contributed by atoms with Crippen molar-refractivity contribution in [3.8, 4) is 0 Å². The summed E-state index contributed by atoms with van der Waals surface area (Å²) in [6, 6.07) is 0.